The summed E-state index contributed by atoms with van der Waals surface area (Å²) in [4.78, 5) is 25.4. The Kier molecular flexibility index (Phi) is 2.75. The number of carbonyl (C=O) groups is 1. The van der Waals surface area contributed by atoms with E-state index in [1.807, 2.05) is 0 Å². The average molecular weight is 231 g/mol. The minimum atomic E-state index is -0.227. The maximum Gasteiger partial charge on any atom is 0.268 e. The van der Waals surface area contributed by atoms with Gasteiger partial charge in [0.15, 0.2) is 0 Å². The van der Waals surface area contributed by atoms with E-state index in [0.717, 1.165) is 0 Å². The van der Waals surface area contributed by atoms with Gasteiger partial charge in [-0.15, -0.1) is 0 Å². The van der Waals surface area contributed by atoms with E-state index in [9.17, 15) is 9.59 Å². The lowest BCUT2D eigenvalue weighted by molar-refractivity contribution is -0.108. The second-order valence-corrected chi connectivity index (χ2v) is 3.09. The number of carbonyl (C=O) groups excluding carboxylic acids is 1. The molecule has 0 unspecified atom stereocenters. The van der Waals surface area contributed by atoms with Gasteiger partial charge in [0.1, 0.15) is 16.6 Å². The molecule has 64 valence electrons. The minimum Gasteiger partial charge on any atom is -0.301 e. The Morgan fingerprint density at radius 2 is 2.42 bits per heavy atom. The first-order chi connectivity index (χ1) is 5.66. The third-order valence-corrected chi connectivity index (χ3v) is 2.01. The molecule has 4 nitrogen and oxygen atoms in total. The Morgan fingerprint density at radius 3 is 3.00 bits per heavy atom. The van der Waals surface area contributed by atoms with Crippen molar-refractivity contribution in [3.8, 4) is 0 Å². The quantitative estimate of drug-likeness (QED) is 0.697. The lowest BCUT2D eigenvalue weighted by Gasteiger charge is -2.03. The van der Waals surface area contributed by atoms with Crippen molar-refractivity contribution in [3.63, 3.8) is 0 Å². The molecule has 0 amide bonds. The molecule has 0 aliphatic heterocycles. The van der Waals surface area contributed by atoms with E-state index in [2.05, 4.69) is 20.9 Å². The molecule has 0 aliphatic rings. The molecular weight excluding hydrogens is 224 g/mol. The first kappa shape index (κ1) is 9.12. The third-order valence-electron chi connectivity index (χ3n) is 1.46. The number of halogens is 1. The van der Waals surface area contributed by atoms with Crippen LogP contribution in [0.3, 0.4) is 0 Å². The molecule has 0 radical (unpaired) electrons. The van der Waals surface area contributed by atoms with Crippen LogP contribution in [0.4, 0.5) is 0 Å². The van der Waals surface area contributed by atoms with Crippen molar-refractivity contribution in [2.24, 2.45) is 0 Å². The number of hydrogen-bond donors (Lipinski definition) is 0. The van der Waals surface area contributed by atoms with Gasteiger partial charge in [0.05, 0.1) is 6.54 Å². The molecule has 0 bridgehead atoms. The van der Waals surface area contributed by atoms with Crippen LogP contribution in [0, 0.1) is 6.92 Å². The largest absolute Gasteiger partial charge is 0.301 e. The monoisotopic (exact) mass is 230 g/mol. The van der Waals surface area contributed by atoms with Crippen LogP contribution < -0.4 is 5.56 Å². The van der Waals surface area contributed by atoms with Gasteiger partial charge in [-0.3, -0.25) is 9.36 Å². The number of rotatable bonds is 2. The summed E-state index contributed by atoms with van der Waals surface area (Å²) < 4.78 is 1.67. The van der Waals surface area contributed by atoms with Crippen molar-refractivity contribution in [3.05, 3.63) is 26.8 Å². The molecule has 0 N–H and O–H groups in total. The van der Waals surface area contributed by atoms with E-state index in [-0.39, 0.29) is 12.1 Å². The molecule has 0 fully saturated rings. The summed E-state index contributed by atoms with van der Waals surface area (Å²) in [6.45, 7) is 1.73. The zero-order valence-electron chi connectivity index (χ0n) is 6.45. The van der Waals surface area contributed by atoms with E-state index in [1.54, 1.807) is 6.92 Å². The van der Waals surface area contributed by atoms with Crippen molar-refractivity contribution in [1.82, 2.24) is 9.55 Å². The molecule has 1 heterocycles. The number of aldehydes is 1. The van der Waals surface area contributed by atoms with Gasteiger partial charge in [-0.2, -0.15) is 0 Å². The van der Waals surface area contributed by atoms with Crippen LogP contribution in [-0.2, 0) is 11.3 Å². The molecule has 1 aromatic heterocycles. The summed E-state index contributed by atoms with van der Waals surface area (Å²) in [6.07, 6.45) is 2.10. The van der Waals surface area contributed by atoms with Crippen LogP contribution in [0.5, 0.6) is 0 Å². The normalized spacial score (nSPS) is 9.83. The molecule has 5 heteroatoms. The molecule has 0 spiro atoms. The van der Waals surface area contributed by atoms with E-state index in [4.69, 9.17) is 0 Å². The Bertz CT molecular complexity index is 359. The summed E-state index contributed by atoms with van der Waals surface area (Å²) in [6, 6.07) is 0. The lowest BCUT2D eigenvalue weighted by atomic mass is 10.5. The van der Waals surface area contributed by atoms with Gasteiger partial charge in [0.2, 0.25) is 0 Å². The van der Waals surface area contributed by atoms with Gasteiger partial charge in [-0.05, 0) is 22.9 Å². The summed E-state index contributed by atoms with van der Waals surface area (Å²) >= 11 is 3.04. The minimum absolute atomic E-state index is 0.0527. The van der Waals surface area contributed by atoms with Crippen LogP contribution in [0.1, 0.15) is 5.82 Å². The van der Waals surface area contributed by atoms with Gasteiger partial charge in [0, 0.05) is 6.20 Å². The predicted molar refractivity (Wildman–Crippen MR) is 47.0 cm³/mol. The molecule has 0 aliphatic carbocycles. The van der Waals surface area contributed by atoms with Crippen molar-refractivity contribution >= 4 is 22.2 Å². The lowest BCUT2D eigenvalue weighted by Crippen LogP contribution is -2.24. The molecule has 0 atom stereocenters. The first-order valence-corrected chi connectivity index (χ1v) is 4.11. The van der Waals surface area contributed by atoms with Crippen molar-refractivity contribution < 1.29 is 4.79 Å². The molecule has 12 heavy (non-hydrogen) atoms. The SMILES string of the molecule is Cc1ncc(Br)c(=O)n1CC=O. The summed E-state index contributed by atoms with van der Waals surface area (Å²) in [7, 11) is 0. The average Bonchev–Trinajstić information content (AvgIpc) is 2.06. The Labute approximate surface area is 77.4 Å². The highest BCUT2D eigenvalue weighted by molar-refractivity contribution is 9.10. The summed E-state index contributed by atoms with van der Waals surface area (Å²) in [5.74, 6) is 0.537. The Balaban J connectivity index is 3.32. The van der Waals surface area contributed by atoms with Gasteiger partial charge in [-0.1, -0.05) is 0 Å². The fraction of sp³-hybridized carbons (Fsp3) is 0.286. The molecule has 1 aromatic rings. The number of nitrogens with zero attached hydrogens (tertiary/aromatic N) is 2. The standard InChI is InChI=1S/C7H7BrN2O2/c1-5-9-4-6(8)7(12)10(5)2-3-11/h3-4H,2H2,1H3. The number of aryl methyl sites for hydroxylation is 1. The second-order valence-electron chi connectivity index (χ2n) is 2.24. The third kappa shape index (κ3) is 1.61. The van der Waals surface area contributed by atoms with Crippen molar-refractivity contribution in [2.45, 2.75) is 13.5 Å². The smallest absolute Gasteiger partial charge is 0.268 e. The Morgan fingerprint density at radius 1 is 1.75 bits per heavy atom. The van der Waals surface area contributed by atoms with Gasteiger partial charge >= 0.3 is 0 Å². The number of aromatic nitrogens is 2. The van der Waals surface area contributed by atoms with Crippen LogP contribution >= 0.6 is 15.9 Å². The zero-order valence-corrected chi connectivity index (χ0v) is 8.04. The second kappa shape index (κ2) is 3.62. The molecule has 0 saturated carbocycles. The fourth-order valence-electron chi connectivity index (χ4n) is 0.840. The molecule has 0 aromatic carbocycles. The topological polar surface area (TPSA) is 52.0 Å². The highest BCUT2D eigenvalue weighted by Gasteiger charge is 2.03. The zero-order chi connectivity index (χ0) is 9.14. The first-order valence-electron chi connectivity index (χ1n) is 3.32. The van der Waals surface area contributed by atoms with E-state index < -0.39 is 0 Å². The highest BCUT2D eigenvalue weighted by atomic mass is 79.9. The van der Waals surface area contributed by atoms with Crippen molar-refractivity contribution in [1.29, 1.82) is 0 Å². The maximum atomic E-state index is 11.3. The summed E-state index contributed by atoms with van der Waals surface area (Å²) in [5.41, 5.74) is -0.227. The van der Waals surface area contributed by atoms with Gasteiger partial charge < -0.3 is 4.79 Å². The number of hydrogen-bond acceptors (Lipinski definition) is 3. The van der Waals surface area contributed by atoms with Crippen LogP contribution in [0.2, 0.25) is 0 Å². The van der Waals surface area contributed by atoms with Gasteiger partial charge in [0.25, 0.3) is 5.56 Å². The van der Waals surface area contributed by atoms with E-state index in [1.165, 1.54) is 10.8 Å². The van der Waals surface area contributed by atoms with Gasteiger partial charge in [-0.25, -0.2) is 4.98 Å². The highest BCUT2D eigenvalue weighted by Crippen LogP contribution is 2.00. The predicted octanol–water partition coefficient (Wildman–Crippen LogP) is 0.513. The molecule has 1 rings (SSSR count). The van der Waals surface area contributed by atoms with E-state index in [0.29, 0.717) is 16.6 Å². The molecular formula is C7H7BrN2O2. The Hall–Kier alpha value is -0.970. The fourth-order valence-corrected chi connectivity index (χ4v) is 1.16. The van der Waals surface area contributed by atoms with Crippen LogP contribution in [0.25, 0.3) is 0 Å². The van der Waals surface area contributed by atoms with Crippen LogP contribution in [0.15, 0.2) is 15.5 Å². The van der Waals surface area contributed by atoms with E-state index >= 15 is 0 Å². The molecule has 0 saturated heterocycles. The maximum absolute atomic E-state index is 11.3. The summed E-state index contributed by atoms with van der Waals surface area (Å²) in [5, 5.41) is 0. The van der Waals surface area contributed by atoms with Crippen molar-refractivity contribution in [2.75, 3.05) is 0 Å². The van der Waals surface area contributed by atoms with Crippen LogP contribution in [-0.4, -0.2) is 15.8 Å².